The lowest BCUT2D eigenvalue weighted by Gasteiger charge is -2.31. The van der Waals surface area contributed by atoms with Crippen molar-refractivity contribution in [1.29, 1.82) is 0 Å². The molecule has 2 unspecified atom stereocenters. The van der Waals surface area contributed by atoms with E-state index < -0.39 is 0 Å². The number of hydrogen-bond donors (Lipinski definition) is 0. The molecule has 4 nitrogen and oxygen atoms in total. The lowest BCUT2D eigenvalue weighted by Crippen LogP contribution is -2.35. The zero-order chi connectivity index (χ0) is 13.8. The van der Waals surface area contributed by atoms with Crippen LogP contribution in [0.25, 0.3) is 0 Å². The molecule has 110 valence electrons. The van der Waals surface area contributed by atoms with E-state index in [1.807, 2.05) is 6.20 Å². The van der Waals surface area contributed by atoms with Gasteiger partial charge in [0.25, 0.3) is 0 Å². The summed E-state index contributed by atoms with van der Waals surface area (Å²) in [5.41, 5.74) is 2.50. The Morgan fingerprint density at radius 2 is 2.25 bits per heavy atom. The van der Waals surface area contributed by atoms with Crippen LogP contribution in [0.15, 0.2) is 12.5 Å². The molecular weight excluding hydrogens is 250 g/mol. The Morgan fingerprint density at radius 1 is 1.35 bits per heavy atom. The van der Waals surface area contributed by atoms with Gasteiger partial charge in [-0.15, -0.1) is 0 Å². The zero-order valence-electron chi connectivity index (χ0n) is 12.4. The van der Waals surface area contributed by atoms with Gasteiger partial charge in [-0.3, -0.25) is 4.90 Å². The second-order valence-corrected chi connectivity index (χ2v) is 6.19. The molecule has 2 aliphatic rings. The normalized spacial score (nSPS) is 27.2. The van der Waals surface area contributed by atoms with Crippen molar-refractivity contribution >= 4 is 0 Å². The second kappa shape index (κ2) is 6.64. The number of nitrogens with zero attached hydrogens (tertiary/aromatic N) is 3. The Bertz CT molecular complexity index is 437. The molecule has 0 bridgehead atoms. The molecule has 1 aliphatic carbocycles. The first-order chi connectivity index (χ1) is 9.83. The maximum absolute atomic E-state index is 6.11. The van der Waals surface area contributed by atoms with Crippen molar-refractivity contribution in [3.8, 4) is 0 Å². The van der Waals surface area contributed by atoms with Gasteiger partial charge in [0.05, 0.1) is 18.4 Å². The fourth-order valence-electron chi connectivity index (χ4n) is 3.36. The summed E-state index contributed by atoms with van der Waals surface area (Å²) in [6.45, 7) is 6.26. The second-order valence-electron chi connectivity index (χ2n) is 6.19. The van der Waals surface area contributed by atoms with Crippen LogP contribution in [0.5, 0.6) is 0 Å². The van der Waals surface area contributed by atoms with Crippen molar-refractivity contribution in [3.63, 3.8) is 0 Å². The minimum absolute atomic E-state index is 0.489. The van der Waals surface area contributed by atoms with E-state index in [0.717, 1.165) is 38.6 Å². The summed E-state index contributed by atoms with van der Waals surface area (Å²) in [6, 6.07) is 0. The van der Waals surface area contributed by atoms with Crippen molar-refractivity contribution in [3.05, 3.63) is 23.8 Å². The Morgan fingerprint density at radius 3 is 3.15 bits per heavy atom. The van der Waals surface area contributed by atoms with Gasteiger partial charge in [0.1, 0.15) is 6.33 Å². The fraction of sp³-hybridized carbons (Fsp3) is 0.750. The van der Waals surface area contributed by atoms with Crippen molar-refractivity contribution < 1.29 is 4.74 Å². The number of aromatic nitrogens is 2. The SMILES string of the molecule is CC1CCCCC1OCCN1CCc2cncnc2C1. The highest BCUT2D eigenvalue weighted by molar-refractivity contribution is 5.18. The van der Waals surface area contributed by atoms with Gasteiger partial charge in [-0.2, -0.15) is 0 Å². The van der Waals surface area contributed by atoms with Gasteiger partial charge in [-0.1, -0.05) is 19.8 Å². The first-order valence-electron chi connectivity index (χ1n) is 7.94. The van der Waals surface area contributed by atoms with Gasteiger partial charge in [0.2, 0.25) is 0 Å². The van der Waals surface area contributed by atoms with E-state index >= 15 is 0 Å². The third-order valence-corrected chi connectivity index (χ3v) is 4.72. The number of ether oxygens (including phenoxy) is 1. The van der Waals surface area contributed by atoms with Crippen LogP contribution in [0.2, 0.25) is 0 Å². The Kier molecular flexibility index (Phi) is 4.63. The monoisotopic (exact) mass is 275 g/mol. The lowest BCUT2D eigenvalue weighted by molar-refractivity contribution is -0.0151. The van der Waals surface area contributed by atoms with Crippen LogP contribution in [-0.2, 0) is 17.7 Å². The average molecular weight is 275 g/mol. The van der Waals surface area contributed by atoms with Crippen LogP contribution in [0.3, 0.4) is 0 Å². The van der Waals surface area contributed by atoms with Gasteiger partial charge in [-0.25, -0.2) is 9.97 Å². The molecule has 2 atom stereocenters. The van der Waals surface area contributed by atoms with Gasteiger partial charge in [0.15, 0.2) is 0 Å². The maximum atomic E-state index is 6.11. The van der Waals surface area contributed by atoms with Crippen LogP contribution >= 0.6 is 0 Å². The van der Waals surface area contributed by atoms with Crippen LogP contribution in [0.1, 0.15) is 43.9 Å². The molecule has 0 aromatic carbocycles. The minimum Gasteiger partial charge on any atom is -0.377 e. The average Bonchev–Trinajstić information content (AvgIpc) is 2.49. The molecule has 4 heteroatoms. The molecule has 2 heterocycles. The molecule has 1 saturated carbocycles. The fourth-order valence-corrected chi connectivity index (χ4v) is 3.36. The zero-order valence-corrected chi connectivity index (χ0v) is 12.4. The molecule has 0 saturated heterocycles. The summed E-state index contributed by atoms with van der Waals surface area (Å²) >= 11 is 0. The molecule has 3 rings (SSSR count). The molecule has 0 radical (unpaired) electrons. The predicted octanol–water partition coefficient (Wildman–Crippen LogP) is 2.43. The topological polar surface area (TPSA) is 38.2 Å². The Balaban J connectivity index is 1.43. The summed E-state index contributed by atoms with van der Waals surface area (Å²) in [5.74, 6) is 0.735. The van der Waals surface area contributed by atoms with Crippen molar-refractivity contribution in [2.45, 2.75) is 51.7 Å². The lowest BCUT2D eigenvalue weighted by atomic mass is 9.88. The van der Waals surface area contributed by atoms with E-state index in [1.54, 1.807) is 6.33 Å². The maximum Gasteiger partial charge on any atom is 0.115 e. The van der Waals surface area contributed by atoms with Crippen LogP contribution < -0.4 is 0 Å². The van der Waals surface area contributed by atoms with E-state index in [9.17, 15) is 0 Å². The highest BCUT2D eigenvalue weighted by Crippen LogP contribution is 2.26. The summed E-state index contributed by atoms with van der Waals surface area (Å²) in [7, 11) is 0. The highest BCUT2D eigenvalue weighted by Gasteiger charge is 2.22. The molecule has 0 N–H and O–H groups in total. The Hall–Kier alpha value is -1.00. The minimum atomic E-state index is 0.489. The van der Waals surface area contributed by atoms with Crippen LogP contribution in [0.4, 0.5) is 0 Å². The van der Waals surface area contributed by atoms with Gasteiger partial charge in [0, 0.05) is 25.8 Å². The van der Waals surface area contributed by atoms with Crippen LogP contribution in [0, 0.1) is 5.92 Å². The number of fused-ring (bicyclic) bond motifs is 1. The van der Waals surface area contributed by atoms with E-state index in [-0.39, 0.29) is 0 Å². The van der Waals surface area contributed by atoms with Crippen molar-refractivity contribution in [2.24, 2.45) is 5.92 Å². The van der Waals surface area contributed by atoms with E-state index in [0.29, 0.717) is 6.10 Å². The molecule has 1 aromatic rings. The molecule has 0 amide bonds. The molecule has 1 aromatic heterocycles. The summed E-state index contributed by atoms with van der Waals surface area (Å²) < 4.78 is 6.11. The third kappa shape index (κ3) is 3.36. The first kappa shape index (κ1) is 14.0. The number of rotatable bonds is 4. The number of hydrogen-bond acceptors (Lipinski definition) is 4. The summed E-state index contributed by atoms with van der Waals surface area (Å²) in [5, 5.41) is 0. The van der Waals surface area contributed by atoms with Gasteiger partial charge < -0.3 is 4.74 Å². The smallest absolute Gasteiger partial charge is 0.115 e. The van der Waals surface area contributed by atoms with E-state index in [2.05, 4.69) is 21.8 Å². The summed E-state index contributed by atoms with van der Waals surface area (Å²) in [6.07, 6.45) is 10.5. The predicted molar refractivity (Wildman–Crippen MR) is 78.4 cm³/mol. The van der Waals surface area contributed by atoms with Crippen molar-refractivity contribution in [1.82, 2.24) is 14.9 Å². The van der Waals surface area contributed by atoms with E-state index in [1.165, 1.54) is 36.9 Å². The van der Waals surface area contributed by atoms with E-state index in [4.69, 9.17) is 4.74 Å². The third-order valence-electron chi connectivity index (χ3n) is 4.72. The molecule has 1 fully saturated rings. The molecule has 1 aliphatic heterocycles. The standard InChI is InChI=1S/C16H25N3O/c1-13-4-2-3-5-16(13)20-9-8-19-7-6-14-10-17-12-18-15(14)11-19/h10,12-13,16H,2-9,11H2,1H3. The van der Waals surface area contributed by atoms with Gasteiger partial charge >= 0.3 is 0 Å². The molecule has 20 heavy (non-hydrogen) atoms. The van der Waals surface area contributed by atoms with Gasteiger partial charge in [-0.05, 0) is 30.7 Å². The summed E-state index contributed by atoms with van der Waals surface area (Å²) in [4.78, 5) is 10.9. The van der Waals surface area contributed by atoms with Crippen LogP contribution in [-0.4, -0.2) is 40.7 Å². The van der Waals surface area contributed by atoms with Crippen molar-refractivity contribution in [2.75, 3.05) is 19.7 Å². The molecular formula is C16H25N3O. The first-order valence-corrected chi connectivity index (χ1v) is 7.94. The quantitative estimate of drug-likeness (QED) is 0.846. The molecule has 0 spiro atoms. The Labute approximate surface area is 121 Å². The largest absolute Gasteiger partial charge is 0.377 e. The highest BCUT2D eigenvalue weighted by atomic mass is 16.5.